The number of benzene rings is 1. The Morgan fingerprint density at radius 2 is 2.10 bits per heavy atom. The summed E-state index contributed by atoms with van der Waals surface area (Å²) < 4.78 is 10.7. The molecule has 0 bridgehead atoms. The van der Waals surface area contributed by atoms with Crippen molar-refractivity contribution in [1.82, 2.24) is 5.32 Å². The van der Waals surface area contributed by atoms with Gasteiger partial charge in [-0.2, -0.15) is 0 Å². The van der Waals surface area contributed by atoms with Gasteiger partial charge in [0.15, 0.2) is 0 Å². The maximum absolute atomic E-state index is 10.5. The molecule has 2 N–H and O–H groups in total. The van der Waals surface area contributed by atoms with Crippen LogP contribution in [-0.2, 0) is 4.74 Å². The normalized spacial score (nSPS) is 19.6. The van der Waals surface area contributed by atoms with Gasteiger partial charge in [0, 0.05) is 44.2 Å². The van der Waals surface area contributed by atoms with Gasteiger partial charge in [0.25, 0.3) is 0 Å². The average molecular weight is 279 g/mol. The van der Waals surface area contributed by atoms with E-state index in [0.717, 1.165) is 11.3 Å². The standard InChI is InChI=1S/C16H25NO3/c1-12-4-5-15(19-3)14(10-12)13(2)17-11-16(18)6-8-20-9-7-16/h4-5,10,13,17-18H,6-9,11H2,1-3H3. The summed E-state index contributed by atoms with van der Waals surface area (Å²) in [5.41, 5.74) is 1.69. The minimum absolute atomic E-state index is 0.136. The average Bonchev–Trinajstić information content (AvgIpc) is 2.45. The first-order valence-corrected chi connectivity index (χ1v) is 7.22. The van der Waals surface area contributed by atoms with Crippen molar-refractivity contribution in [2.75, 3.05) is 26.9 Å². The number of hydrogen-bond acceptors (Lipinski definition) is 4. The lowest BCUT2D eigenvalue weighted by molar-refractivity contribution is -0.0626. The van der Waals surface area contributed by atoms with E-state index in [-0.39, 0.29) is 6.04 Å². The Kier molecular flexibility index (Phi) is 5.02. The summed E-state index contributed by atoms with van der Waals surface area (Å²) in [5, 5.41) is 13.9. The van der Waals surface area contributed by atoms with Gasteiger partial charge in [0.1, 0.15) is 5.75 Å². The Morgan fingerprint density at radius 3 is 2.75 bits per heavy atom. The molecular weight excluding hydrogens is 254 g/mol. The Morgan fingerprint density at radius 1 is 1.40 bits per heavy atom. The lowest BCUT2D eigenvalue weighted by Gasteiger charge is -2.33. The lowest BCUT2D eigenvalue weighted by Crippen LogP contribution is -2.45. The van der Waals surface area contributed by atoms with Gasteiger partial charge in [-0.3, -0.25) is 0 Å². The van der Waals surface area contributed by atoms with Crippen LogP contribution >= 0.6 is 0 Å². The smallest absolute Gasteiger partial charge is 0.123 e. The molecule has 0 saturated carbocycles. The number of hydrogen-bond donors (Lipinski definition) is 2. The molecule has 1 unspecified atom stereocenters. The minimum Gasteiger partial charge on any atom is -0.496 e. The van der Waals surface area contributed by atoms with Crippen LogP contribution in [-0.4, -0.2) is 37.6 Å². The molecular formula is C16H25NO3. The van der Waals surface area contributed by atoms with Crippen LogP contribution < -0.4 is 10.1 Å². The summed E-state index contributed by atoms with van der Waals surface area (Å²) in [6.45, 7) is 6.02. The van der Waals surface area contributed by atoms with Crippen LogP contribution in [0, 0.1) is 6.92 Å². The SMILES string of the molecule is COc1ccc(C)cc1C(C)NCC1(O)CCOCC1. The molecule has 1 aliphatic heterocycles. The number of rotatable bonds is 5. The van der Waals surface area contributed by atoms with Gasteiger partial charge in [-0.05, 0) is 19.9 Å². The summed E-state index contributed by atoms with van der Waals surface area (Å²) in [6, 6.07) is 6.30. The molecule has 1 heterocycles. The molecule has 4 nitrogen and oxygen atoms in total. The zero-order valence-corrected chi connectivity index (χ0v) is 12.6. The number of methoxy groups -OCH3 is 1. The molecule has 0 radical (unpaired) electrons. The third-order valence-electron chi connectivity index (χ3n) is 4.01. The van der Waals surface area contributed by atoms with E-state index in [9.17, 15) is 5.11 Å². The van der Waals surface area contributed by atoms with E-state index in [1.807, 2.05) is 12.1 Å². The van der Waals surface area contributed by atoms with E-state index in [2.05, 4.69) is 25.2 Å². The van der Waals surface area contributed by atoms with Gasteiger partial charge in [0.2, 0.25) is 0 Å². The summed E-state index contributed by atoms with van der Waals surface area (Å²) >= 11 is 0. The molecule has 1 aromatic rings. The van der Waals surface area contributed by atoms with E-state index < -0.39 is 5.60 Å². The molecule has 4 heteroatoms. The fourth-order valence-corrected chi connectivity index (χ4v) is 2.57. The van der Waals surface area contributed by atoms with Crippen molar-refractivity contribution in [2.24, 2.45) is 0 Å². The van der Waals surface area contributed by atoms with Crippen molar-refractivity contribution < 1.29 is 14.6 Å². The zero-order chi connectivity index (χ0) is 14.6. The van der Waals surface area contributed by atoms with Crippen LogP contribution in [0.2, 0.25) is 0 Å². The topological polar surface area (TPSA) is 50.7 Å². The number of aryl methyl sites for hydroxylation is 1. The van der Waals surface area contributed by atoms with E-state index in [1.54, 1.807) is 7.11 Å². The first-order chi connectivity index (χ1) is 9.54. The number of ether oxygens (including phenoxy) is 2. The van der Waals surface area contributed by atoms with Gasteiger partial charge in [0.05, 0.1) is 12.7 Å². The quantitative estimate of drug-likeness (QED) is 0.867. The van der Waals surface area contributed by atoms with Crippen LogP contribution in [0.25, 0.3) is 0 Å². The van der Waals surface area contributed by atoms with Crippen molar-refractivity contribution in [3.63, 3.8) is 0 Å². The molecule has 0 amide bonds. The fourth-order valence-electron chi connectivity index (χ4n) is 2.57. The number of nitrogens with one attached hydrogen (secondary N) is 1. The predicted octanol–water partition coefficient (Wildman–Crippen LogP) is 2.20. The molecule has 1 fully saturated rings. The summed E-state index contributed by atoms with van der Waals surface area (Å²) in [7, 11) is 1.69. The third-order valence-corrected chi connectivity index (χ3v) is 4.01. The highest BCUT2D eigenvalue weighted by Crippen LogP contribution is 2.27. The Balaban J connectivity index is 2.00. The molecule has 1 aliphatic rings. The van der Waals surface area contributed by atoms with Gasteiger partial charge in [-0.15, -0.1) is 0 Å². The molecule has 1 aromatic carbocycles. The van der Waals surface area contributed by atoms with E-state index in [4.69, 9.17) is 9.47 Å². The van der Waals surface area contributed by atoms with Gasteiger partial charge >= 0.3 is 0 Å². The van der Waals surface area contributed by atoms with Gasteiger partial charge in [-0.25, -0.2) is 0 Å². The minimum atomic E-state index is -0.649. The summed E-state index contributed by atoms with van der Waals surface area (Å²) in [4.78, 5) is 0. The highest BCUT2D eigenvalue weighted by molar-refractivity contribution is 5.38. The number of aliphatic hydroxyl groups is 1. The molecule has 112 valence electrons. The molecule has 1 saturated heterocycles. The van der Waals surface area contributed by atoms with Crippen molar-refractivity contribution in [2.45, 2.75) is 38.3 Å². The Labute approximate surface area is 121 Å². The second kappa shape index (κ2) is 6.57. The second-order valence-corrected chi connectivity index (χ2v) is 5.68. The van der Waals surface area contributed by atoms with E-state index >= 15 is 0 Å². The van der Waals surface area contributed by atoms with Crippen molar-refractivity contribution >= 4 is 0 Å². The molecule has 0 aliphatic carbocycles. The van der Waals surface area contributed by atoms with Crippen LogP contribution in [0.5, 0.6) is 5.75 Å². The maximum atomic E-state index is 10.5. The zero-order valence-electron chi connectivity index (χ0n) is 12.6. The fraction of sp³-hybridized carbons (Fsp3) is 0.625. The van der Waals surface area contributed by atoms with Gasteiger partial charge in [-0.1, -0.05) is 17.7 Å². The molecule has 0 aromatic heterocycles. The van der Waals surface area contributed by atoms with Crippen molar-refractivity contribution in [3.05, 3.63) is 29.3 Å². The maximum Gasteiger partial charge on any atom is 0.123 e. The molecule has 0 spiro atoms. The summed E-state index contributed by atoms with van der Waals surface area (Å²) in [5.74, 6) is 0.884. The van der Waals surface area contributed by atoms with Crippen molar-refractivity contribution in [3.8, 4) is 5.75 Å². The van der Waals surface area contributed by atoms with Crippen LogP contribution in [0.3, 0.4) is 0 Å². The van der Waals surface area contributed by atoms with Crippen LogP contribution in [0.1, 0.15) is 36.9 Å². The summed E-state index contributed by atoms with van der Waals surface area (Å²) in [6.07, 6.45) is 1.38. The van der Waals surface area contributed by atoms with Gasteiger partial charge < -0.3 is 19.9 Å². The molecule has 1 atom stereocenters. The Hall–Kier alpha value is -1.10. The van der Waals surface area contributed by atoms with Crippen LogP contribution in [0.15, 0.2) is 18.2 Å². The Bertz CT molecular complexity index is 441. The molecule has 2 rings (SSSR count). The predicted molar refractivity (Wildman–Crippen MR) is 79.2 cm³/mol. The van der Waals surface area contributed by atoms with E-state index in [0.29, 0.717) is 32.6 Å². The van der Waals surface area contributed by atoms with E-state index in [1.165, 1.54) is 5.56 Å². The highest BCUT2D eigenvalue weighted by atomic mass is 16.5. The third kappa shape index (κ3) is 3.72. The van der Waals surface area contributed by atoms with Crippen LogP contribution in [0.4, 0.5) is 0 Å². The molecule has 20 heavy (non-hydrogen) atoms. The largest absolute Gasteiger partial charge is 0.496 e. The monoisotopic (exact) mass is 279 g/mol. The van der Waals surface area contributed by atoms with Crippen molar-refractivity contribution in [1.29, 1.82) is 0 Å². The second-order valence-electron chi connectivity index (χ2n) is 5.68. The first-order valence-electron chi connectivity index (χ1n) is 7.22. The lowest BCUT2D eigenvalue weighted by atomic mass is 9.93. The first kappa shape index (κ1) is 15.3. The highest BCUT2D eigenvalue weighted by Gasteiger charge is 2.30.